The van der Waals surface area contributed by atoms with Crippen LogP contribution in [-0.4, -0.2) is 17.7 Å². The number of rotatable bonds is 4. The van der Waals surface area contributed by atoms with Crippen molar-refractivity contribution in [3.63, 3.8) is 0 Å². The number of anilines is 1. The predicted octanol–water partition coefficient (Wildman–Crippen LogP) is 4.61. The molecule has 2 aliphatic rings. The van der Waals surface area contributed by atoms with Crippen LogP contribution in [0.3, 0.4) is 0 Å². The molecule has 2 aromatic rings. The van der Waals surface area contributed by atoms with Crippen LogP contribution in [0.5, 0.6) is 5.75 Å². The zero-order valence-corrected chi connectivity index (χ0v) is 14.1. The van der Waals surface area contributed by atoms with E-state index in [9.17, 15) is 9.90 Å². The fraction of sp³-hybridized carbons (Fsp3) is 0.286. The van der Waals surface area contributed by atoms with Crippen LogP contribution in [0.2, 0.25) is 0 Å². The van der Waals surface area contributed by atoms with Crippen molar-refractivity contribution in [2.24, 2.45) is 5.92 Å². The molecule has 1 heterocycles. The van der Waals surface area contributed by atoms with Gasteiger partial charge in [-0.1, -0.05) is 30.4 Å². The molecule has 0 unspecified atom stereocenters. The molecule has 0 radical (unpaired) electrons. The van der Waals surface area contributed by atoms with Gasteiger partial charge in [0.1, 0.15) is 5.75 Å². The Balaban J connectivity index is 1.77. The lowest BCUT2D eigenvalue weighted by atomic mass is 9.76. The van der Waals surface area contributed by atoms with Gasteiger partial charge in [0.05, 0.1) is 18.2 Å². The number of benzene rings is 2. The number of ether oxygens (including phenoxy) is 1. The van der Waals surface area contributed by atoms with Gasteiger partial charge >= 0.3 is 5.97 Å². The van der Waals surface area contributed by atoms with E-state index in [-0.39, 0.29) is 12.0 Å². The van der Waals surface area contributed by atoms with Gasteiger partial charge in [0, 0.05) is 11.6 Å². The molecule has 128 valence electrons. The molecule has 0 spiro atoms. The van der Waals surface area contributed by atoms with Gasteiger partial charge in [-0.05, 0) is 54.7 Å². The largest absolute Gasteiger partial charge is 0.494 e. The molecule has 2 aromatic carbocycles. The molecule has 25 heavy (non-hydrogen) atoms. The van der Waals surface area contributed by atoms with Gasteiger partial charge in [-0.25, -0.2) is 4.79 Å². The van der Waals surface area contributed by atoms with Gasteiger partial charge in [0.15, 0.2) is 0 Å². The van der Waals surface area contributed by atoms with Crippen molar-refractivity contribution in [1.29, 1.82) is 0 Å². The summed E-state index contributed by atoms with van der Waals surface area (Å²) >= 11 is 0. The van der Waals surface area contributed by atoms with Gasteiger partial charge in [-0.3, -0.25) is 0 Å². The summed E-state index contributed by atoms with van der Waals surface area (Å²) < 4.78 is 5.65. The standard InChI is InChI=1S/C21H21NO3/c1-2-25-13-10-11-19-18(12-13)14-8-5-9-15(14)20(22-19)16-6-3-4-7-17(16)21(23)24/h3-8,10-12,14-15,20,22H,2,9H2,1H3,(H,23,24)/t14-,15-,20-/m1/s1. The summed E-state index contributed by atoms with van der Waals surface area (Å²) in [6.45, 7) is 2.62. The zero-order chi connectivity index (χ0) is 17.4. The highest BCUT2D eigenvalue weighted by Gasteiger charge is 2.39. The normalized spacial score (nSPS) is 23.5. The van der Waals surface area contributed by atoms with Crippen molar-refractivity contribution >= 4 is 11.7 Å². The van der Waals surface area contributed by atoms with Gasteiger partial charge in [-0.15, -0.1) is 0 Å². The van der Waals surface area contributed by atoms with Crippen molar-refractivity contribution in [1.82, 2.24) is 0 Å². The van der Waals surface area contributed by atoms with E-state index in [1.807, 2.05) is 31.2 Å². The lowest BCUT2D eigenvalue weighted by Gasteiger charge is -2.38. The molecule has 2 N–H and O–H groups in total. The van der Waals surface area contributed by atoms with E-state index in [4.69, 9.17) is 4.74 Å². The molecular formula is C21H21NO3. The van der Waals surface area contributed by atoms with Crippen LogP contribution in [-0.2, 0) is 0 Å². The number of nitrogens with one attached hydrogen (secondary N) is 1. The molecule has 1 aliphatic carbocycles. The first kappa shape index (κ1) is 15.8. The smallest absolute Gasteiger partial charge is 0.336 e. The van der Waals surface area contributed by atoms with E-state index in [1.165, 1.54) is 5.56 Å². The molecular weight excluding hydrogens is 314 g/mol. The van der Waals surface area contributed by atoms with Crippen LogP contribution in [0.1, 0.15) is 46.8 Å². The Morgan fingerprint density at radius 1 is 1.24 bits per heavy atom. The fourth-order valence-corrected chi connectivity index (χ4v) is 4.10. The number of aromatic carboxylic acids is 1. The molecule has 1 aliphatic heterocycles. The number of carboxylic acids is 1. The van der Waals surface area contributed by atoms with E-state index >= 15 is 0 Å². The van der Waals surface area contributed by atoms with Crippen LogP contribution >= 0.6 is 0 Å². The summed E-state index contributed by atoms with van der Waals surface area (Å²) in [6, 6.07) is 13.4. The SMILES string of the molecule is CCOc1ccc2c(c1)[C@@H]1C=CC[C@H]1[C@H](c1ccccc1C(=O)O)N2. The van der Waals surface area contributed by atoms with E-state index in [0.717, 1.165) is 23.4 Å². The number of hydrogen-bond acceptors (Lipinski definition) is 3. The quantitative estimate of drug-likeness (QED) is 0.801. The maximum absolute atomic E-state index is 11.7. The molecule has 0 saturated carbocycles. The maximum Gasteiger partial charge on any atom is 0.336 e. The molecule has 3 atom stereocenters. The third-order valence-electron chi connectivity index (χ3n) is 5.17. The summed E-state index contributed by atoms with van der Waals surface area (Å²) in [7, 11) is 0. The third-order valence-corrected chi connectivity index (χ3v) is 5.17. The molecule has 0 fully saturated rings. The monoisotopic (exact) mass is 335 g/mol. The summed E-state index contributed by atoms with van der Waals surface area (Å²) in [6.07, 6.45) is 5.39. The third kappa shape index (κ3) is 2.68. The Labute approximate surface area is 147 Å². The summed E-state index contributed by atoms with van der Waals surface area (Å²) in [4.78, 5) is 11.7. The Kier molecular flexibility index (Phi) is 3.96. The number of hydrogen-bond donors (Lipinski definition) is 2. The Morgan fingerprint density at radius 2 is 2.08 bits per heavy atom. The highest BCUT2D eigenvalue weighted by molar-refractivity contribution is 5.89. The molecule has 0 amide bonds. The molecule has 4 heteroatoms. The van der Waals surface area contributed by atoms with Crippen molar-refractivity contribution in [3.8, 4) is 5.75 Å². The second-order valence-electron chi connectivity index (χ2n) is 6.55. The van der Waals surface area contributed by atoms with Crippen LogP contribution in [0, 0.1) is 5.92 Å². The topological polar surface area (TPSA) is 58.6 Å². The number of allylic oxidation sites excluding steroid dienone is 2. The van der Waals surface area contributed by atoms with Crippen molar-refractivity contribution < 1.29 is 14.6 Å². The second-order valence-corrected chi connectivity index (χ2v) is 6.55. The molecule has 0 bridgehead atoms. The zero-order valence-electron chi connectivity index (χ0n) is 14.1. The van der Waals surface area contributed by atoms with Crippen molar-refractivity contribution in [2.45, 2.75) is 25.3 Å². The minimum Gasteiger partial charge on any atom is -0.494 e. The predicted molar refractivity (Wildman–Crippen MR) is 97.4 cm³/mol. The highest BCUT2D eigenvalue weighted by atomic mass is 16.5. The first-order valence-corrected chi connectivity index (χ1v) is 8.71. The number of fused-ring (bicyclic) bond motifs is 3. The van der Waals surface area contributed by atoms with E-state index in [1.54, 1.807) is 12.1 Å². The first-order valence-electron chi connectivity index (χ1n) is 8.71. The minimum absolute atomic E-state index is 0.0160. The molecule has 4 rings (SSSR count). The average Bonchev–Trinajstić information content (AvgIpc) is 3.11. The van der Waals surface area contributed by atoms with Gasteiger partial charge in [0.2, 0.25) is 0 Å². The summed E-state index contributed by atoms with van der Waals surface area (Å²) in [5.74, 6) is 0.595. The van der Waals surface area contributed by atoms with Gasteiger partial charge in [0.25, 0.3) is 0 Å². The van der Waals surface area contributed by atoms with Gasteiger partial charge < -0.3 is 15.2 Å². The average molecular weight is 335 g/mol. The second kappa shape index (κ2) is 6.28. The molecule has 0 aromatic heterocycles. The lowest BCUT2D eigenvalue weighted by Crippen LogP contribution is -2.30. The minimum atomic E-state index is -0.877. The van der Waals surface area contributed by atoms with Crippen LogP contribution in [0.25, 0.3) is 0 Å². The number of carbonyl (C=O) groups is 1. The van der Waals surface area contributed by atoms with E-state index < -0.39 is 5.97 Å². The summed E-state index contributed by atoms with van der Waals surface area (Å²) in [5, 5.41) is 13.2. The fourth-order valence-electron chi connectivity index (χ4n) is 4.10. The van der Waals surface area contributed by atoms with E-state index in [2.05, 4.69) is 23.5 Å². The van der Waals surface area contributed by atoms with Crippen LogP contribution < -0.4 is 10.1 Å². The Hall–Kier alpha value is -2.75. The number of carboxylic acid groups (broad SMARTS) is 1. The first-order chi connectivity index (χ1) is 12.2. The van der Waals surface area contributed by atoms with Crippen LogP contribution in [0.4, 0.5) is 5.69 Å². The van der Waals surface area contributed by atoms with Gasteiger partial charge in [-0.2, -0.15) is 0 Å². The molecule has 0 saturated heterocycles. The van der Waals surface area contributed by atoms with Crippen LogP contribution in [0.15, 0.2) is 54.6 Å². The van der Waals surface area contributed by atoms with Crippen molar-refractivity contribution in [3.05, 3.63) is 71.3 Å². The Morgan fingerprint density at radius 3 is 2.88 bits per heavy atom. The maximum atomic E-state index is 11.7. The highest BCUT2D eigenvalue weighted by Crippen LogP contribution is 2.50. The lowest BCUT2D eigenvalue weighted by molar-refractivity contribution is 0.0694. The summed E-state index contributed by atoms with van der Waals surface area (Å²) in [5.41, 5.74) is 3.52. The molecule has 4 nitrogen and oxygen atoms in total. The van der Waals surface area contributed by atoms with Crippen molar-refractivity contribution in [2.75, 3.05) is 11.9 Å². The van der Waals surface area contributed by atoms with E-state index in [0.29, 0.717) is 18.1 Å². The Bertz CT molecular complexity index is 843.